The molecule has 0 fully saturated rings. The molecule has 1 N–H and O–H groups in total. The molecule has 0 amide bonds. The van der Waals surface area contributed by atoms with Crippen LogP contribution < -0.4 is 14.9 Å². The highest BCUT2D eigenvalue weighted by Crippen LogP contribution is 2.35. The molecule has 0 atom stereocenters. The molecule has 0 aliphatic heterocycles. The van der Waals surface area contributed by atoms with E-state index in [4.69, 9.17) is 9.47 Å². The fourth-order valence-electron chi connectivity index (χ4n) is 3.50. The normalized spacial score (nSPS) is 11.6. The average Bonchev–Trinajstić information content (AvgIpc) is 2.87. The second-order valence-corrected chi connectivity index (χ2v) is 7.74. The molecule has 0 spiro atoms. The number of nitrogens with zero attached hydrogens (tertiary/aromatic N) is 2. The van der Waals surface area contributed by atoms with Gasteiger partial charge in [-0.25, -0.2) is 0 Å². The van der Waals surface area contributed by atoms with Crippen molar-refractivity contribution in [3.05, 3.63) is 106 Å². The Kier molecular flexibility index (Phi) is 7.05. The third-order valence-electron chi connectivity index (χ3n) is 5.32. The number of benzene rings is 4. The highest BCUT2D eigenvalue weighted by atomic mass is 19.4. The van der Waals surface area contributed by atoms with Crippen LogP contribution in [0.5, 0.6) is 11.5 Å². The standard InChI is InChI=1S/C26H20F3N3O4/c1-35-25-13-17(15-30-31-22-10-9-21(26(27,28)29)14-23(22)32(33)34)7-11-24(25)36-16-18-6-8-19-4-2-3-5-20(19)12-18/h2-15,31H,16H2,1H3/b30-15-. The first-order valence-corrected chi connectivity index (χ1v) is 10.7. The summed E-state index contributed by atoms with van der Waals surface area (Å²) in [6, 6.07) is 21.3. The molecule has 0 radical (unpaired) electrons. The number of hydrogen-bond donors (Lipinski definition) is 1. The van der Waals surface area contributed by atoms with Crippen molar-refractivity contribution in [2.24, 2.45) is 5.10 Å². The van der Waals surface area contributed by atoms with Crippen LogP contribution in [0.4, 0.5) is 24.5 Å². The van der Waals surface area contributed by atoms with Crippen molar-refractivity contribution in [3.63, 3.8) is 0 Å². The molecule has 4 aromatic rings. The summed E-state index contributed by atoms with van der Waals surface area (Å²) in [5.41, 5.74) is 1.96. The van der Waals surface area contributed by atoms with Gasteiger partial charge in [0.25, 0.3) is 5.69 Å². The maximum absolute atomic E-state index is 12.9. The minimum absolute atomic E-state index is 0.174. The van der Waals surface area contributed by atoms with Gasteiger partial charge in [-0.15, -0.1) is 0 Å². The Labute approximate surface area is 203 Å². The molecule has 0 bridgehead atoms. The Balaban J connectivity index is 1.45. The number of nitro groups is 1. The highest BCUT2D eigenvalue weighted by molar-refractivity contribution is 5.83. The summed E-state index contributed by atoms with van der Waals surface area (Å²) >= 11 is 0. The largest absolute Gasteiger partial charge is 0.493 e. The molecule has 0 aromatic heterocycles. The van der Waals surface area contributed by atoms with Gasteiger partial charge in [0, 0.05) is 6.07 Å². The van der Waals surface area contributed by atoms with Crippen molar-refractivity contribution in [1.82, 2.24) is 0 Å². The van der Waals surface area contributed by atoms with E-state index in [0.717, 1.165) is 28.5 Å². The van der Waals surface area contributed by atoms with Gasteiger partial charge in [0.2, 0.25) is 0 Å². The van der Waals surface area contributed by atoms with E-state index in [1.807, 2.05) is 36.4 Å². The summed E-state index contributed by atoms with van der Waals surface area (Å²) < 4.78 is 49.9. The highest BCUT2D eigenvalue weighted by Gasteiger charge is 2.33. The van der Waals surface area contributed by atoms with Crippen molar-refractivity contribution in [2.45, 2.75) is 12.8 Å². The topological polar surface area (TPSA) is 86.0 Å². The summed E-state index contributed by atoms with van der Waals surface area (Å²) in [6.45, 7) is 0.327. The number of methoxy groups -OCH3 is 1. The molecule has 0 saturated carbocycles. The lowest BCUT2D eigenvalue weighted by Crippen LogP contribution is -2.06. The predicted molar refractivity (Wildman–Crippen MR) is 131 cm³/mol. The van der Waals surface area contributed by atoms with E-state index < -0.39 is 22.4 Å². The van der Waals surface area contributed by atoms with Crippen molar-refractivity contribution < 1.29 is 27.6 Å². The molecular weight excluding hydrogens is 475 g/mol. The zero-order valence-electron chi connectivity index (χ0n) is 19.0. The lowest BCUT2D eigenvalue weighted by atomic mass is 10.1. The molecule has 0 unspecified atom stereocenters. The van der Waals surface area contributed by atoms with Crippen molar-refractivity contribution >= 4 is 28.4 Å². The molecule has 0 saturated heterocycles. The van der Waals surface area contributed by atoms with Gasteiger partial charge in [0.1, 0.15) is 12.3 Å². The number of nitro benzene ring substituents is 1. The van der Waals surface area contributed by atoms with Gasteiger partial charge >= 0.3 is 6.18 Å². The molecule has 0 heterocycles. The Morgan fingerprint density at radius 1 is 0.972 bits per heavy atom. The Bertz CT molecular complexity index is 1440. The number of alkyl halides is 3. The van der Waals surface area contributed by atoms with Crippen LogP contribution >= 0.6 is 0 Å². The molecule has 36 heavy (non-hydrogen) atoms. The Morgan fingerprint density at radius 3 is 2.47 bits per heavy atom. The summed E-state index contributed by atoms with van der Waals surface area (Å²) in [6.07, 6.45) is -3.34. The van der Waals surface area contributed by atoms with E-state index in [1.165, 1.54) is 13.3 Å². The second kappa shape index (κ2) is 10.3. The maximum Gasteiger partial charge on any atom is 0.416 e. The van der Waals surface area contributed by atoms with Crippen LogP contribution in [0, 0.1) is 10.1 Å². The van der Waals surface area contributed by atoms with Crippen molar-refractivity contribution in [1.29, 1.82) is 0 Å². The summed E-state index contributed by atoms with van der Waals surface area (Å²) in [5, 5.41) is 17.4. The van der Waals surface area contributed by atoms with Gasteiger partial charge in [-0.1, -0.05) is 36.4 Å². The van der Waals surface area contributed by atoms with Crippen LogP contribution in [0.25, 0.3) is 10.8 Å². The summed E-state index contributed by atoms with van der Waals surface area (Å²) in [4.78, 5) is 10.3. The third kappa shape index (κ3) is 5.72. The monoisotopic (exact) mass is 495 g/mol. The number of nitrogens with one attached hydrogen (secondary N) is 1. The summed E-state index contributed by atoms with van der Waals surface area (Å²) in [5.74, 6) is 0.953. The predicted octanol–water partition coefficient (Wildman–Crippen LogP) is 6.80. The zero-order valence-corrected chi connectivity index (χ0v) is 19.0. The first-order valence-electron chi connectivity index (χ1n) is 10.7. The van der Waals surface area contributed by atoms with E-state index in [-0.39, 0.29) is 5.69 Å². The third-order valence-corrected chi connectivity index (χ3v) is 5.32. The second-order valence-electron chi connectivity index (χ2n) is 7.74. The lowest BCUT2D eigenvalue weighted by molar-refractivity contribution is -0.384. The van der Waals surface area contributed by atoms with E-state index in [0.29, 0.717) is 29.7 Å². The zero-order chi connectivity index (χ0) is 25.7. The first-order chi connectivity index (χ1) is 17.2. The Morgan fingerprint density at radius 2 is 1.75 bits per heavy atom. The van der Waals surface area contributed by atoms with Crippen LogP contribution in [-0.4, -0.2) is 18.2 Å². The van der Waals surface area contributed by atoms with E-state index in [1.54, 1.807) is 18.2 Å². The van der Waals surface area contributed by atoms with Gasteiger partial charge in [-0.3, -0.25) is 15.5 Å². The fraction of sp³-hybridized carbons (Fsp3) is 0.115. The van der Waals surface area contributed by atoms with E-state index in [2.05, 4.69) is 16.6 Å². The number of ether oxygens (including phenoxy) is 2. The first kappa shape index (κ1) is 24.5. The molecule has 184 valence electrons. The molecule has 10 heteroatoms. The lowest BCUT2D eigenvalue weighted by Gasteiger charge is -2.12. The number of fused-ring (bicyclic) bond motifs is 1. The summed E-state index contributed by atoms with van der Waals surface area (Å²) in [7, 11) is 1.49. The van der Waals surface area contributed by atoms with Crippen LogP contribution in [0.3, 0.4) is 0 Å². The molecular formula is C26H20F3N3O4. The average molecular weight is 495 g/mol. The van der Waals surface area contributed by atoms with Gasteiger partial charge in [0.15, 0.2) is 11.5 Å². The van der Waals surface area contributed by atoms with Gasteiger partial charge < -0.3 is 9.47 Å². The quantitative estimate of drug-likeness (QED) is 0.165. The van der Waals surface area contributed by atoms with Crippen LogP contribution in [0.2, 0.25) is 0 Å². The van der Waals surface area contributed by atoms with Crippen LogP contribution in [0.1, 0.15) is 16.7 Å². The maximum atomic E-state index is 12.9. The minimum atomic E-state index is -4.69. The van der Waals surface area contributed by atoms with E-state index >= 15 is 0 Å². The smallest absolute Gasteiger partial charge is 0.416 e. The van der Waals surface area contributed by atoms with Crippen LogP contribution in [-0.2, 0) is 12.8 Å². The van der Waals surface area contributed by atoms with Gasteiger partial charge in [-0.2, -0.15) is 18.3 Å². The van der Waals surface area contributed by atoms with Crippen LogP contribution in [0.15, 0.2) is 84.0 Å². The molecule has 0 aliphatic rings. The molecule has 0 aliphatic carbocycles. The molecule has 4 aromatic carbocycles. The number of halogens is 3. The Hall–Kier alpha value is -4.60. The number of hydrogen-bond acceptors (Lipinski definition) is 6. The number of rotatable bonds is 8. The van der Waals surface area contributed by atoms with Gasteiger partial charge in [-0.05, 0) is 58.3 Å². The number of anilines is 1. The van der Waals surface area contributed by atoms with Crippen molar-refractivity contribution in [2.75, 3.05) is 12.5 Å². The van der Waals surface area contributed by atoms with E-state index in [9.17, 15) is 23.3 Å². The molecule has 7 nitrogen and oxygen atoms in total. The van der Waals surface area contributed by atoms with Gasteiger partial charge in [0.05, 0.1) is 23.8 Å². The minimum Gasteiger partial charge on any atom is -0.493 e. The molecule has 4 rings (SSSR count). The number of hydrazone groups is 1. The SMILES string of the molecule is COc1cc(/C=N\Nc2ccc(C(F)(F)F)cc2[N+](=O)[O-])ccc1OCc1ccc2ccccc2c1. The van der Waals surface area contributed by atoms with Crippen molar-refractivity contribution in [3.8, 4) is 11.5 Å². The fourth-order valence-corrected chi connectivity index (χ4v) is 3.50.